The van der Waals surface area contributed by atoms with Crippen molar-refractivity contribution in [3.63, 3.8) is 0 Å². The second kappa shape index (κ2) is 3.44. The Hall–Kier alpha value is -1.64. The molecule has 1 saturated heterocycles. The van der Waals surface area contributed by atoms with Gasteiger partial charge in [-0.1, -0.05) is 30.3 Å². The van der Waals surface area contributed by atoms with Gasteiger partial charge >= 0.3 is 5.97 Å². The molecule has 0 N–H and O–H groups in total. The topological polar surface area (TPSA) is 43.4 Å². The van der Waals surface area contributed by atoms with E-state index in [2.05, 4.69) is 0 Å². The Morgan fingerprint density at radius 1 is 1.17 bits per heavy atom. The van der Waals surface area contributed by atoms with E-state index in [1.165, 1.54) is 0 Å². The van der Waals surface area contributed by atoms with E-state index in [4.69, 9.17) is 4.74 Å². The summed E-state index contributed by atoms with van der Waals surface area (Å²) in [4.78, 5) is 24.4. The van der Waals surface area contributed by atoms with Crippen molar-refractivity contribution < 1.29 is 14.3 Å². The highest BCUT2D eigenvalue weighted by atomic mass is 16.6. The van der Waals surface area contributed by atoms with E-state index in [0.29, 0.717) is 11.8 Å². The maximum Gasteiger partial charge on any atom is 0.310 e. The van der Waals surface area contributed by atoms with Crippen LogP contribution in [0.1, 0.15) is 23.2 Å². The molecular weight excluding hydrogens is 228 g/mol. The zero-order valence-corrected chi connectivity index (χ0v) is 9.91. The molecule has 1 aliphatic heterocycles. The molecule has 92 valence electrons. The maximum absolute atomic E-state index is 12.6. The summed E-state index contributed by atoms with van der Waals surface area (Å²) in [5.41, 5.74) is 0.728. The molecular formula is C15H14O3. The highest BCUT2D eigenvalue weighted by Crippen LogP contribution is 2.58. The minimum atomic E-state index is -0.165. The number of fused-ring (bicyclic) bond motifs is 1. The molecule has 3 aliphatic rings. The van der Waals surface area contributed by atoms with Crippen molar-refractivity contribution in [3.05, 3.63) is 35.9 Å². The summed E-state index contributed by atoms with van der Waals surface area (Å²) >= 11 is 0. The molecule has 0 aromatic heterocycles. The van der Waals surface area contributed by atoms with Gasteiger partial charge < -0.3 is 4.74 Å². The number of esters is 1. The Morgan fingerprint density at radius 3 is 2.72 bits per heavy atom. The predicted molar refractivity (Wildman–Crippen MR) is 63.8 cm³/mol. The lowest BCUT2D eigenvalue weighted by Crippen LogP contribution is -2.32. The van der Waals surface area contributed by atoms with Crippen molar-refractivity contribution in [1.82, 2.24) is 0 Å². The van der Waals surface area contributed by atoms with E-state index >= 15 is 0 Å². The summed E-state index contributed by atoms with van der Waals surface area (Å²) in [6.45, 7) is 0. The van der Waals surface area contributed by atoms with Gasteiger partial charge in [0.1, 0.15) is 6.10 Å². The van der Waals surface area contributed by atoms with Crippen LogP contribution < -0.4 is 0 Å². The van der Waals surface area contributed by atoms with Crippen LogP contribution in [0.15, 0.2) is 30.3 Å². The van der Waals surface area contributed by atoms with Crippen molar-refractivity contribution in [3.8, 4) is 0 Å². The summed E-state index contributed by atoms with van der Waals surface area (Å²) in [6.07, 6.45) is 1.98. The van der Waals surface area contributed by atoms with Gasteiger partial charge in [-0.15, -0.1) is 0 Å². The number of carbonyl (C=O) groups excluding carboxylic acids is 2. The number of hydrogen-bond donors (Lipinski definition) is 0. The average Bonchev–Trinajstić information content (AvgIpc) is 3.00. The molecule has 0 radical (unpaired) electrons. The molecule has 5 unspecified atom stereocenters. The minimum absolute atomic E-state index is 0.104. The molecule has 3 fully saturated rings. The van der Waals surface area contributed by atoms with Gasteiger partial charge in [0, 0.05) is 17.4 Å². The minimum Gasteiger partial charge on any atom is -0.462 e. The van der Waals surface area contributed by atoms with Crippen LogP contribution in [0.25, 0.3) is 0 Å². The molecule has 5 atom stereocenters. The molecule has 1 heterocycles. The molecule has 2 bridgehead atoms. The lowest BCUT2D eigenvalue weighted by atomic mass is 9.76. The molecule has 2 saturated carbocycles. The van der Waals surface area contributed by atoms with Gasteiger partial charge in [-0.25, -0.2) is 0 Å². The fraction of sp³-hybridized carbons (Fsp3) is 0.467. The Balaban J connectivity index is 1.70. The van der Waals surface area contributed by atoms with E-state index in [-0.39, 0.29) is 29.7 Å². The number of rotatable bonds is 2. The first kappa shape index (κ1) is 10.3. The van der Waals surface area contributed by atoms with Crippen molar-refractivity contribution in [2.45, 2.75) is 18.9 Å². The zero-order valence-electron chi connectivity index (χ0n) is 9.91. The third-order valence-electron chi connectivity index (χ3n) is 4.84. The van der Waals surface area contributed by atoms with Crippen LogP contribution in [0.5, 0.6) is 0 Å². The first-order valence-electron chi connectivity index (χ1n) is 6.55. The maximum atomic E-state index is 12.6. The first-order chi connectivity index (χ1) is 8.75. The van der Waals surface area contributed by atoms with Crippen molar-refractivity contribution in [1.29, 1.82) is 0 Å². The number of benzene rings is 1. The number of ketones is 1. The predicted octanol–water partition coefficient (Wildman–Crippen LogP) is 2.07. The molecule has 18 heavy (non-hydrogen) atoms. The largest absolute Gasteiger partial charge is 0.462 e. The van der Waals surface area contributed by atoms with E-state index < -0.39 is 0 Å². The smallest absolute Gasteiger partial charge is 0.310 e. The second-order valence-corrected chi connectivity index (χ2v) is 5.65. The van der Waals surface area contributed by atoms with Crippen LogP contribution in [-0.2, 0) is 9.53 Å². The van der Waals surface area contributed by atoms with Crippen LogP contribution in [0.3, 0.4) is 0 Å². The van der Waals surface area contributed by atoms with Crippen molar-refractivity contribution in [2.75, 3.05) is 0 Å². The molecule has 0 spiro atoms. The third-order valence-corrected chi connectivity index (χ3v) is 4.84. The molecule has 1 aromatic rings. The van der Waals surface area contributed by atoms with Gasteiger partial charge in [-0.2, -0.15) is 0 Å². The van der Waals surface area contributed by atoms with Crippen LogP contribution in [0.4, 0.5) is 0 Å². The number of hydrogen-bond acceptors (Lipinski definition) is 3. The summed E-state index contributed by atoms with van der Waals surface area (Å²) in [6, 6.07) is 9.32. The lowest BCUT2D eigenvalue weighted by Gasteiger charge is -2.23. The van der Waals surface area contributed by atoms with Gasteiger partial charge in [-0.05, 0) is 18.8 Å². The van der Waals surface area contributed by atoms with Crippen LogP contribution in [-0.4, -0.2) is 17.9 Å². The van der Waals surface area contributed by atoms with Crippen LogP contribution in [0, 0.1) is 23.7 Å². The number of carbonyl (C=O) groups is 2. The van der Waals surface area contributed by atoms with E-state index in [9.17, 15) is 9.59 Å². The van der Waals surface area contributed by atoms with Crippen LogP contribution in [0.2, 0.25) is 0 Å². The monoisotopic (exact) mass is 242 g/mol. The molecule has 1 aromatic carbocycles. The molecule has 2 aliphatic carbocycles. The van der Waals surface area contributed by atoms with E-state index in [1.54, 1.807) is 0 Å². The normalized spacial score (nSPS) is 40.0. The van der Waals surface area contributed by atoms with E-state index in [0.717, 1.165) is 18.4 Å². The highest BCUT2D eigenvalue weighted by molar-refractivity contribution is 6.01. The van der Waals surface area contributed by atoms with Gasteiger partial charge in [0.05, 0.1) is 5.92 Å². The summed E-state index contributed by atoms with van der Waals surface area (Å²) < 4.78 is 5.36. The van der Waals surface area contributed by atoms with Crippen molar-refractivity contribution in [2.24, 2.45) is 23.7 Å². The number of Topliss-reactive ketones (excluding diaryl/α,β-unsaturated/α-hetero) is 1. The zero-order chi connectivity index (χ0) is 12.3. The number of ether oxygens (including phenoxy) is 1. The molecule has 3 heteroatoms. The fourth-order valence-electron chi connectivity index (χ4n) is 4.16. The molecule has 0 amide bonds. The molecule has 3 nitrogen and oxygen atoms in total. The highest BCUT2D eigenvalue weighted by Gasteiger charge is 2.63. The van der Waals surface area contributed by atoms with Gasteiger partial charge in [0.25, 0.3) is 0 Å². The fourth-order valence-corrected chi connectivity index (χ4v) is 4.16. The molecule has 4 rings (SSSR count). The van der Waals surface area contributed by atoms with E-state index in [1.807, 2.05) is 30.3 Å². The lowest BCUT2D eigenvalue weighted by molar-refractivity contribution is -0.143. The quantitative estimate of drug-likeness (QED) is 0.589. The third kappa shape index (κ3) is 1.19. The van der Waals surface area contributed by atoms with Crippen LogP contribution >= 0.6 is 0 Å². The standard InChI is InChI=1S/C15H14O3/c16-14(8-4-2-1-3-5-8)12-9-6-10-11(7-9)18-15(17)13(10)12/h1-5,9-13H,6-7H2. The average molecular weight is 242 g/mol. The Labute approximate surface area is 105 Å². The SMILES string of the molecule is O=C(c1ccccc1)C1C2CC3OC(=O)C1C3C2. The van der Waals surface area contributed by atoms with Gasteiger partial charge in [0.15, 0.2) is 5.78 Å². The summed E-state index contributed by atoms with van der Waals surface area (Å²) in [5, 5.41) is 0. The second-order valence-electron chi connectivity index (χ2n) is 5.65. The summed E-state index contributed by atoms with van der Waals surface area (Å²) in [5.74, 6) is 0.346. The van der Waals surface area contributed by atoms with Crippen molar-refractivity contribution >= 4 is 11.8 Å². The Kier molecular flexibility index (Phi) is 1.97. The Morgan fingerprint density at radius 2 is 1.94 bits per heavy atom. The first-order valence-corrected chi connectivity index (χ1v) is 6.55. The summed E-state index contributed by atoms with van der Waals surface area (Å²) in [7, 11) is 0. The van der Waals surface area contributed by atoms with Gasteiger partial charge in [-0.3, -0.25) is 9.59 Å². The Bertz CT molecular complexity index is 520. The van der Waals surface area contributed by atoms with Gasteiger partial charge in [0.2, 0.25) is 0 Å².